The lowest BCUT2D eigenvalue weighted by molar-refractivity contribution is 0.0304. The first kappa shape index (κ1) is 17.6. The molecule has 1 fully saturated rings. The van der Waals surface area contributed by atoms with E-state index in [0.29, 0.717) is 31.9 Å². The second kappa shape index (κ2) is 7.18. The Morgan fingerprint density at radius 2 is 1.93 bits per heavy atom. The van der Waals surface area contributed by atoms with Crippen LogP contribution >= 0.6 is 0 Å². The molecule has 5 rings (SSSR count). The Hall–Kier alpha value is -3.45. The van der Waals surface area contributed by atoms with E-state index in [-0.39, 0.29) is 5.91 Å². The minimum absolute atomic E-state index is 0.0316. The van der Waals surface area contributed by atoms with Crippen molar-refractivity contribution in [3.05, 3.63) is 72.4 Å². The number of fused-ring (bicyclic) bond motifs is 1. The van der Waals surface area contributed by atoms with Crippen LogP contribution in [0.5, 0.6) is 0 Å². The highest BCUT2D eigenvalue weighted by Crippen LogP contribution is 2.28. The predicted molar refractivity (Wildman–Crippen MR) is 109 cm³/mol. The predicted octanol–water partition coefficient (Wildman–Crippen LogP) is 2.97. The zero-order valence-corrected chi connectivity index (χ0v) is 16.2. The van der Waals surface area contributed by atoms with Crippen LogP contribution in [0.3, 0.4) is 0 Å². The van der Waals surface area contributed by atoms with Gasteiger partial charge >= 0.3 is 0 Å². The van der Waals surface area contributed by atoms with Gasteiger partial charge in [0.15, 0.2) is 0 Å². The summed E-state index contributed by atoms with van der Waals surface area (Å²) in [5, 5.41) is 0. The summed E-state index contributed by atoms with van der Waals surface area (Å²) in [6.07, 6.45) is 5.70. The van der Waals surface area contributed by atoms with Gasteiger partial charge in [-0.2, -0.15) is 0 Å². The van der Waals surface area contributed by atoms with Crippen LogP contribution in [0.2, 0.25) is 0 Å². The third-order valence-corrected chi connectivity index (χ3v) is 5.25. The average Bonchev–Trinajstić information content (AvgIpc) is 3.35. The van der Waals surface area contributed by atoms with Crippen LogP contribution in [-0.2, 0) is 4.74 Å². The van der Waals surface area contributed by atoms with Gasteiger partial charge in [0.05, 0.1) is 30.0 Å². The molecule has 0 N–H and O–H groups in total. The number of carbonyl (C=O) groups is 1. The zero-order chi connectivity index (χ0) is 19.8. The fourth-order valence-corrected chi connectivity index (χ4v) is 3.78. The van der Waals surface area contributed by atoms with E-state index in [1.54, 1.807) is 6.20 Å². The lowest BCUT2D eigenvalue weighted by atomic mass is 10.2. The molecule has 146 valence electrons. The number of ether oxygens (including phenoxy) is 1. The Labute approximate surface area is 168 Å². The smallest absolute Gasteiger partial charge is 0.256 e. The first-order valence-corrected chi connectivity index (χ1v) is 9.67. The summed E-state index contributed by atoms with van der Waals surface area (Å²) in [5.41, 5.74) is 3.25. The largest absolute Gasteiger partial charge is 0.378 e. The van der Waals surface area contributed by atoms with Gasteiger partial charge in [0.2, 0.25) is 0 Å². The summed E-state index contributed by atoms with van der Waals surface area (Å²) < 4.78 is 9.37. The fraction of sp³-hybridized carbons (Fsp3) is 0.227. The number of imidazole rings is 1. The molecule has 7 heteroatoms. The number of aryl methyl sites for hydroxylation is 1. The second-order valence-electron chi connectivity index (χ2n) is 7.04. The van der Waals surface area contributed by atoms with Crippen LogP contribution in [0.25, 0.3) is 22.7 Å². The molecule has 0 aliphatic carbocycles. The number of aromatic nitrogens is 4. The number of amides is 1. The van der Waals surface area contributed by atoms with Crippen molar-refractivity contribution in [2.75, 3.05) is 26.3 Å². The molecule has 0 bridgehead atoms. The van der Waals surface area contributed by atoms with Gasteiger partial charge < -0.3 is 14.0 Å². The normalized spacial score (nSPS) is 14.4. The molecule has 1 aliphatic rings. The Bertz CT molecular complexity index is 1170. The van der Waals surface area contributed by atoms with Crippen LogP contribution in [0.1, 0.15) is 16.2 Å². The van der Waals surface area contributed by atoms with Gasteiger partial charge in [-0.3, -0.25) is 9.36 Å². The van der Waals surface area contributed by atoms with Crippen molar-refractivity contribution in [1.29, 1.82) is 0 Å². The summed E-state index contributed by atoms with van der Waals surface area (Å²) in [6, 6.07) is 13.6. The lowest BCUT2D eigenvalue weighted by Crippen LogP contribution is -2.40. The topological polar surface area (TPSA) is 64.7 Å². The third-order valence-electron chi connectivity index (χ3n) is 5.25. The van der Waals surface area contributed by atoms with Crippen LogP contribution in [0.4, 0.5) is 0 Å². The van der Waals surface area contributed by atoms with Gasteiger partial charge in [-0.05, 0) is 37.3 Å². The number of nitrogens with zero attached hydrogens (tertiary/aromatic N) is 5. The molecule has 4 aromatic rings. The van der Waals surface area contributed by atoms with E-state index in [1.165, 1.54) is 0 Å². The molecule has 0 atom stereocenters. The van der Waals surface area contributed by atoms with Crippen molar-refractivity contribution in [2.45, 2.75) is 6.92 Å². The maximum absolute atomic E-state index is 13.2. The number of hydrogen-bond acceptors (Lipinski definition) is 4. The van der Waals surface area contributed by atoms with Crippen molar-refractivity contribution in [3.63, 3.8) is 0 Å². The van der Waals surface area contributed by atoms with Crippen molar-refractivity contribution in [1.82, 2.24) is 23.8 Å². The van der Waals surface area contributed by atoms with Crippen LogP contribution in [-0.4, -0.2) is 56.0 Å². The summed E-state index contributed by atoms with van der Waals surface area (Å²) in [4.78, 5) is 24.2. The molecule has 0 unspecified atom stereocenters. The highest BCUT2D eigenvalue weighted by atomic mass is 16.5. The van der Waals surface area contributed by atoms with Crippen LogP contribution in [0, 0.1) is 6.92 Å². The monoisotopic (exact) mass is 387 g/mol. The number of morpholine rings is 1. The molecular weight excluding hydrogens is 366 g/mol. The Morgan fingerprint density at radius 1 is 1.10 bits per heavy atom. The minimum atomic E-state index is 0.0316. The van der Waals surface area contributed by atoms with Crippen molar-refractivity contribution < 1.29 is 9.53 Å². The fourth-order valence-electron chi connectivity index (χ4n) is 3.78. The Balaban J connectivity index is 1.61. The molecule has 1 aliphatic heterocycles. The highest BCUT2D eigenvalue weighted by Gasteiger charge is 2.24. The highest BCUT2D eigenvalue weighted by molar-refractivity contribution is 6.02. The maximum atomic E-state index is 13.2. The second-order valence-corrected chi connectivity index (χ2v) is 7.04. The van der Waals surface area contributed by atoms with E-state index in [1.807, 2.05) is 75.6 Å². The molecule has 0 saturated carbocycles. The number of carbonyl (C=O) groups excluding carboxylic acids is 1. The van der Waals surface area contributed by atoms with E-state index in [9.17, 15) is 4.79 Å². The average molecular weight is 387 g/mol. The molecule has 4 aromatic heterocycles. The van der Waals surface area contributed by atoms with Crippen molar-refractivity contribution in [3.8, 4) is 17.2 Å². The van der Waals surface area contributed by atoms with Gasteiger partial charge in [0, 0.05) is 31.7 Å². The Morgan fingerprint density at radius 3 is 2.72 bits per heavy atom. The quantitative estimate of drug-likeness (QED) is 0.542. The van der Waals surface area contributed by atoms with E-state index >= 15 is 0 Å². The molecular formula is C22H21N5O2. The summed E-state index contributed by atoms with van der Waals surface area (Å²) in [6.45, 7) is 4.35. The first-order chi connectivity index (χ1) is 14.2. The van der Waals surface area contributed by atoms with Crippen molar-refractivity contribution >= 4 is 11.4 Å². The summed E-state index contributed by atoms with van der Waals surface area (Å²) in [5.74, 6) is 1.68. The number of pyridine rings is 2. The zero-order valence-electron chi connectivity index (χ0n) is 16.2. The van der Waals surface area contributed by atoms with Gasteiger partial charge in [-0.1, -0.05) is 12.1 Å². The van der Waals surface area contributed by atoms with E-state index in [2.05, 4.69) is 4.98 Å². The molecule has 1 amide bonds. The van der Waals surface area contributed by atoms with Gasteiger partial charge in [0.25, 0.3) is 5.91 Å². The molecule has 1 saturated heterocycles. The number of hydrogen-bond donors (Lipinski definition) is 0. The summed E-state index contributed by atoms with van der Waals surface area (Å²) in [7, 11) is 0. The molecule has 5 heterocycles. The Kier molecular flexibility index (Phi) is 4.37. The lowest BCUT2D eigenvalue weighted by Gasteiger charge is -2.26. The van der Waals surface area contributed by atoms with E-state index in [4.69, 9.17) is 9.72 Å². The van der Waals surface area contributed by atoms with Crippen LogP contribution < -0.4 is 0 Å². The molecule has 29 heavy (non-hydrogen) atoms. The van der Waals surface area contributed by atoms with Gasteiger partial charge in [-0.25, -0.2) is 9.97 Å². The van der Waals surface area contributed by atoms with E-state index in [0.717, 1.165) is 28.5 Å². The molecule has 0 aromatic carbocycles. The third kappa shape index (κ3) is 3.09. The molecule has 0 spiro atoms. The molecule has 7 nitrogen and oxygen atoms in total. The molecule has 0 radical (unpaired) electrons. The van der Waals surface area contributed by atoms with Gasteiger partial charge in [0.1, 0.15) is 17.3 Å². The SMILES string of the molecule is Cc1nc(-c2cc(C(=O)N3CCOCC3)c3ccccn23)cn1-c1ccccn1. The summed E-state index contributed by atoms with van der Waals surface area (Å²) >= 11 is 0. The van der Waals surface area contributed by atoms with Crippen molar-refractivity contribution in [2.24, 2.45) is 0 Å². The standard InChI is InChI=1S/C22H21N5O2/c1-16-24-18(15-27(16)21-7-2-4-8-23-21)20-14-17(19-6-3-5-9-26(19)20)22(28)25-10-12-29-13-11-25/h2-9,14-15H,10-13H2,1H3. The first-order valence-electron chi connectivity index (χ1n) is 9.67. The minimum Gasteiger partial charge on any atom is -0.378 e. The van der Waals surface area contributed by atoms with Crippen LogP contribution in [0.15, 0.2) is 61.1 Å². The van der Waals surface area contributed by atoms with Gasteiger partial charge in [-0.15, -0.1) is 0 Å². The van der Waals surface area contributed by atoms with E-state index < -0.39 is 0 Å². The maximum Gasteiger partial charge on any atom is 0.256 e. The number of rotatable bonds is 3.